The van der Waals surface area contributed by atoms with Crippen molar-refractivity contribution in [1.82, 2.24) is 34.9 Å². The molecule has 5 amide bonds. The smallest absolute Gasteiger partial charge is 0.319 e. The Hall–Kier alpha value is -6.69. The average molecular weight is 958 g/mol. The van der Waals surface area contributed by atoms with Crippen LogP contribution in [0.15, 0.2) is 73.3 Å². The minimum atomic E-state index is -0.995. The van der Waals surface area contributed by atoms with E-state index >= 15 is 4.39 Å². The van der Waals surface area contributed by atoms with Crippen LogP contribution < -0.4 is 19.9 Å². The standard InChI is InChI=1S/C51H53ClFN9O7/c1-3-43(65)60-20-22-61(23-21-60)47-39-27-40(52)44(37-26-34(63)24-32-6-4-5-7-35(32)37)45(53)46(39)55-51(56-47)69-30(2)28-57-16-18-58(19-17-57)29-31-12-14-59(15-13-31)33-8-9-36-38(25-33)50(68)62(49(36)67)41-10-11-42(64)54-48(41)66/h3-9,24-27,30-31,41,63H,1,10-23,28-29H2,2H3,(H,54,64,66). The number of rotatable bonds is 11. The van der Waals surface area contributed by atoms with Gasteiger partial charge in [0.2, 0.25) is 17.7 Å². The van der Waals surface area contributed by atoms with Crippen LogP contribution in [0, 0.1) is 11.7 Å². The van der Waals surface area contributed by atoms with Crippen molar-refractivity contribution in [2.75, 3.05) is 88.3 Å². The van der Waals surface area contributed by atoms with E-state index in [4.69, 9.17) is 21.3 Å². The van der Waals surface area contributed by atoms with E-state index in [0.29, 0.717) is 55.4 Å². The maximum atomic E-state index is 17.1. The van der Waals surface area contributed by atoms with E-state index in [1.54, 1.807) is 29.2 Å². The highest BCUT2D eigenvalue weighted by Crippen LogP contribution is 2.43. The number of nitrogens with one attached hydrogen (secondary N) is 1. The number of carbonyl (C=O) groups is 5. The lowest BCUT2D eigenvalue weighted by Crippen LogP contribution is -2.54. The predicted octanol–water partition coefficient (Wildman–Crippen LogP) is 5.49. The normalized spacial score (nSPS) is 20.2. The monoisotopic (exact) mass is 957 g/mol. The molecule has 1 aromatic heterocycles. The lowest BCUT2D eigenvalue weighted by molar-refractivity contribution is -0.136. The molecule has 0 radical (unpaired) electrons. The van der Waals surface area contributed by atoms with Gasteiger partial charge in [0.05, 0.1) is 16.1 Å². The Balaban J connectivity index is 0.773. The first-order valence-electron chi connectivity index (χ1n) is 23.6. The molecule has 10 rings (SSSR count). The van der Waals surface area contributed by atoms with Gasteiger partial charge in [-0.25, -0.2) is 4.39 Å². The second kappa shape index (κ2) is 19.0. The summed E-state index contributed by atoms with van der Waals surface area (Å²) in [6.45, 7) is 14.0. The molecule has 0 aliphatic carbocycles. The number of halogens is 2. The Morgan fingerprint density at radius 2 is 1.58 bits per heavy atom. The highest BCUT2D eigenvalue weighted by Gasteiger charge is 2.45. The third kappa shape index (κ3) is 9.06. The van der Waals surface area contributed by atoms with Crippen molar-refractivity contribution in [3.05, 3.63) is 95.3 Å². The summed E-state index contributed by atoms with van der Waals surface area (Å²) in [7, 11) is 0. The first-order valence-corrected chi connectivity index (χ1v) is 24.0. The van der Waals surface area contributed by atoms with Gasteiger partial charge in [-0.3, -0.25) is 39.1 Å². The van der Waals surface area contributed by atoms with E-state index < -0.39 is 35.5 Å². The van der Waals surface area contributed by atoms with Crippen LogP contribution in [0.5, 0.6) is 11.8 Å². The summed E-state index contributed by atoms with van der Waals surface area (Å²) in [6, 6.07) is 16.5. The zero-order chi connectivity index (χ0) is 48.1. The molecule has 69 heavy (non-hydrogen) atoms. The van der Waals surface area contributed by atoms with Crippen LogP contribution in [0.3, 0.4) is 0 Å². The largest absolute Gasteiger partial charge is 0.508 e. The fraction of sp³-hybridized carbons (Fsp3) is 0.392. The number of hydrogen-bond acceptors (Lipinski definition) is 13. The Kier molecular flexibility index (Phi) is 12.7. The predicted molar refractivity (Wildman–Crippen MR) is 259 cm³/mol. The maximum Gasteiger partial charge on any atom is 0.319 e. The molecule has 2 unspecified atom stereocenters. The number of aromatic nitrogens is 2. The zero-order valence-corrected chi connectivity index (χ0v) is 39.1. The van der Waals surface area contributed by atoms with Crippen LogP contribution in [-0.2, 0) is 14.4 Å². The van der Waals surface area contributed by atoms with E-state index in [0.717, 1.165) is 80.0 Å². The van der Waals surface area contributed by atoms with E-state index in [9.17, 15) is 29.1 Å². The van der Waals surface area contributed by atoms with Gasteiger partial charge in [0, 0.05) is 102 Å². The molecule has 5 aliphatic rings. The van der Waals surface area contributed by atoms with Crippen LogP contribution in [0.25, 0.3) is 32.8 Å². The minimum Gasteiger partial charge on any atom is -0.508 e. The van der Waals surface area contributed by atoms with Gasteiger partial charge in [-0.2, -0.15) is 9.97 Å². The molecule has 0 saturated carbocycles. The third-order valence-corrected chi connectivity index (χ3v) is 14.5. The van der Waals surface area contributed by atoms with Crippen molar-refractivity contribution >= 4 is 74.3 Å². The molecule has 2 N–H and O–H groups in total. The molecule has 4 saturated heterocycles. The van der Waals surface area contributed by atoms with Crippen LogP contribution in [0.2, 0.25) is 5.02 Å². The number of imide groups is 2. The maximum absolute atomic E-state index is 17.1. The van der Waals surface area contributed by atoms with E-state index in [1.165, 1.54) is 12.1 Å². The molecule has 5 aliphatic heterocycles. The van der Waals surface area contributed by atoms with Gasteiger partial charge in [-0.05, 0) is 90.9 Å². The summed E-state index contributed by atoms with van der Waals surface area (Å²) in [5, 5.41) is 14.9. The second-order valence-electron chi connectivity index (χ2n) is 18.6. The van der Waals surface area contributed by atoms with Crippen molar-refractivity contribution in [1.29, 1.82) is 0 Å². The number of carbonyl (C=O) groups excluding carboxylic acids is 5. The zero-order valence-electron chi connectivity index (χ0n) is 38.3. The Bertz CT molecular complexity index is 2910. The Morgan fingerprint density at radius 1 is 0.855 bits per heavy atom. The number of nitrogens with zero attached hydrogens (tertiary/aromatic N) is 8. The summed E-state index contributed by atoms with van der Waals surface area (Å²) in [5.74, 6) is -1.91. The molecule has 2 atom stereocenters. The van der Waals surface area contributed by atoms with Gasteiger partial charge in [-0.15, -0.1) is 0 Å². The number of anilines is 2. The Morgan fingerprint density at radius 3 is 2.32 bits per heavy atom. The first-order chi connectivity index (χ1) is 33.3. The highest BCUT2D eigenvalue weighted by molar-refractivity contribution is 6.35. The van der Waals surface area contributed by atoms with Crippen LogP contribution in [0.1, 0.15) is 53.3 Å². The molecule has 358 valence electrons. The Labute approximate surface area is 403 Å². The molecule has 0 bridgehead atoms. The minimum absolute atomic E-state index is 0.0217. The molecule has 6 heterocycles. The number of piperidine rings is 2. The molecule has 4 fully saturated rings. The number of phenols is 1. The van der Waals surface area contributed by atoms with Gasteiger partial charge >= 0.3 is 6.01 Å². The number of fused-ring (bicyclic) bond motifs is 3. The van der Waals surface area contributed by atoms with Gasteiger partial charge < -0.3 is 29.4 Å². The first kappa shape index (κ1) is 46.1. The molecular formula is C51H53ClFN9O7. The van der Waals surface area contributed by atoms with Crippen LogP contribution >= 0.6 is 11.6 Å². The van der Waals surface area contributed by atoms with Gasteiger partial charge in [-0.1, -0.05) is 42.4 Å². The van der Waals surface area contributed by atoms with E-state index in [1.807, 2.05) is 42.2 Å². The highest BCUT2D eigenvalue weighted by atomic mass is 35.5. The van der Waals surface area contributed by atoms with Crippen molar-refractivity contribution in [2.24, 2.45) is 5.92 Å². The quantitative estimate of drug-likeness (QED) is 0.126. The van der Waals surface area contributed by atoms with Crippen molar-refractivity contribution in [3.63, 3.8) is 0 Å². The number of piperazine rings is 2. The number of phenolic OH excluding ortho intramolecular Hbond substituents is 1. The number of benzene rings is 4. The van der Waals surface area contributed by atoms with Crippen molar-refractivity contribution in [3.8, 4) is 22.9 Å². The second-order valence-corrected chi connectivity index (χ2v) is 19.0. The number of aromatic hydroxyl groups is 1. The SMILES string of the molecule is C=CC(=O)N1CCN(c2nc(OC(C)CN3CCN(CC4CCN(c5ccc6c(c5)C(=O)N(C5CCC(=O)NC5=O)C6=O)CC4)CC3)nc3c(F)c(-c4cc(O)cc5ccccc45)c(Cl)cc23)CC1. The lowest BCUT2D eigenvalue weighted by Gasteiger charge is -2.40. The average Bonchev–Trinajstić information content (AvgIpc) is 3.59. The van der Waals surface area contributed by atoms with E-state index in [2.05, 4.69) is 31.6 Å². The lowest BCUT2D eigenvalue weighted by atomic mass is 9.95. The van der Waals surface area contributed by atoms with Crippen molar-refractivity contribution < 1.29 is 38.2 Å². The van der Waals surface area contributed by atoms with Crippen LogP contribution in [-0.4, -0.2) is 155 Å². The summed E-state index contributed by atoms with van der Waals surface area (Å²) < 4.78 is 23.6. The van der Waals surface area contributed by atoms with E-state index in [-0.39, 0.29) is 63.8 Å². The number of hydrogen-bond donors (Lipinski definition) is 2. The summed E-state index contributed by atoms with van der Waals surface area (Å²) in [6.07, 6.45) is 3.11. The topological polar surface area (TPSA) is 172 Å². The molecular weight excluding hydrogens is 905 g/mol. The van der Waals surface area contributed by atoms with Gasteiger partial charge in [0.25, 0.3) is 11.8 Å². The molecule has 4 aromatic carbocycles. The van der Waals surface area contributed by atoms with Crippen molar-refractivity contribution in [2.45, 2.75) is 44.8 Å². The number of ether oxygens (including phenoxy) is 1. The summed E-state index contributed by atoms with van der Waals surface area (Å²) in [4.78, 5) is 84.6. The molecule has 5 aromatic rings. The summed E-state index contributed by atoms with van der Waals surface area (Å²) >= 11 is 6.93. The molecule has 16 nitrogen and oxygen atoms in total. The van der Waals surface area contributed by atoms with Gasteiger partial charge in [0.1, 0.15) is 29.2 Å². The molecule has 0 spiro atoms. The fourth-order valence-electron chi connectivity index (χ4n) is 10.6. The number of amides is 5. The molecule has 18 heteroatoms. The van der Waals surface area contributed by atoms with Crippen LogP contribution in [0.4, 0.5) is 15.9 Å². The third-order valence-electron chi connectivity index (χ3n) is 14.2. The van der Waals surface area contributed by atoms with Gasteiger partial charge in [0.15, 0.2) is 5.82 Å². The fourth-order valence-corrected chi connectivity index (χ4v) is 10.9. The summed E-state index contributed by atoms with van der Waals surface area (Å²) in [5.41, 5.74) is 2.02.